The number of amides is 3. The number of anilines is 1. The molecule has 8 heteroatoms. The Morgan fingerprint density at radius 2 is 2.04 bits per heavy atom. The third kappa shape index (κ3) is 4.21. The van der Waals surface area contributed by atoms with Gasteiger partial charge in [-0.3, -0.25) is 9.69 Å². The van der Waals surface area contributed by atoms with Crippen LogP contribution >= 0.6 is 0 Å². The molecule has 1 aliphatic rings. The molecule has 1 aliphatic heterocycles. The van der Waals surface area contributed by atoms with E-state index in [0.29, 0.717) is 38.6 Å². The van der Waals surface area contributed by atoms with Crippen LogP contribution in [0.25, 0.3) is 11.0 Å². The molecule has 1 atom stereocenters. The van der Waals surface area contributed by atoms with Gasteiger partial charge >= 0.3 is 6.03 Å². The highest BCUT2D eigenvalue weighted by Crippen LogP contribution is 2.27. The smallest absolute Gasteiger partial charge is 0.324 e. The van der Waals surface area contributed by atoms with E-state index in [1.54, 1.807) is 12.0 Å². The number of nitrogens with one attached hydrogen (secondary N) is 2. The third-order valence-electron chi connectivity index (χ3n) is 4.59. The molecule has 0 saturated heterocycles. The van der Waals surface area contributed by atoms with E-state index < -0.39 is 6.04 Å². The fourth-order valence-corrected chi connectivity index (χ4v) is 3.31. The second kappa shape index (κ2) is 8.39. The van der Waals surface area contributed by atoms with Gasteiger partial charge in [0.1, 0.15) is 6.04 Å². The van der Waals surface area contributed by atoms with Crippen LogP contribution in [-0.4, -0.2) is 54.3 Å². The van der Waals surface area contributed by atoms with Gasteiger partial charge < -0.3 is 19.9 Å². The molecule has 3 rings (SSSR count). The summed E-state index contributed by atoms with van der Waals surface area (Å²) in [7, 11) is 1.58. The number of carbonyl (C=O) groups excluding carboxylic acids is 2. The van der Waals surface area contributed by atoms with Gasteiger partial charge in [-0.15, -0.1) is 0 Å². The summed E-state index contributed by atoms with van der Waals surface area (Å²) in [5.74, 6) is 0.699. The van der Waals surface area contributed by atoms with Crippen LogP contribution in [0.2, 0.25) is 0 Å². The number of rotatable bonds is 7. The SMILES string of the molecule is COCCNC(=O)[C@H](CC(C)C)NC(=O)N1CCn2c1nc1ccccc12. The summed E-state index contributed by atoms with van der Waals surface area (Å²) in [5, 5.41) is 5.69. The number of para-hydroxylation sites is 2. The lowest BCUT2D eigenvalue weighted by Crippen LogP contribution is -2.52. The predicted octanol–water partition coefficient (Wildman–Crippen LogP) is 1.74. The van der Waals surface area contributed by atoms with Gasteiger partial charge in [0.05, 0.1) is 17.6 Å². The zero-order valence-corrected chi connectivity index (χ0v) is 16.1. The number of carbonyl (C=O) groups is 2. The molecule has 146 valence electrons. The molecule has 1 aromatic heterocycles. The molecule has 0 bridgehead atoms. The van der Waals surface area contributed by atoms with E-state index in [1.807, 2.05) is 42.7 Å². The van der Waals surface area contributed by atoms with Crippen molar-refractivity contribution >= 4 is 28.9 Å². The highest BCUT2D eigenvalue weighted by atomic mass is 16.5. The van der Waals surface area contributed by atoms with E-state index in [1.165, 1.54) is 0 Å². The molecule has 2 aromatic rings. The first-order valence-corrected chi connectivity index (χ1v) is 9.31. The van der Waals surface area contributed by atoms with Gasteiger partial charge in [-0.1, -0.05) is 26.0 Å². The first kappa shape index (κ1) is 19.2. The summed E-state index contributed by atoms with van der Waals surface area (Å²) in [6.07, 6.45) is 0.564. The molecule has 0 unspecified atom stereocenters. The van der Waals surface area contributed by atoms with E-state index in [2.05, 4.69) is 15.6 Å². The molecule has 2 N–H and O–H groups in total. The summed E-state index contributed by atoms with van der Waals surface area (Å²) in [5.41, 5.74) is 1.87. The number of urea groups is 1. The van der Waals surface area contributed by atoms with Crippen molar-refractivity contribution in [1.29, 1.82) is 0 Å². The Bertz CT molecular complexity index is 817. The average Bonchev–Trinajstić information content (AvgIpc) is 3.19. The van der Waals surface area contributed by atoms with Crippen molar-refractivity contribution in [3.63, 3.8) is 0 Å². The predicted molar refractivity (Wildman–Crippen MR) is 104 cm³/mol. The molecule has 0 spiro atoms. The zero-order chi connectivity index (χ0) is 19.4. The average molecular weight is 373 g/mol. The number of benzene rings is 1. The van der Waals surface area contributed by atoms with Gasteiger partial charge in [0.2, 0.25) is 11.9 Å². The Balaban J connectivity index is 1.72. The maximum atomic E-state index is 12.9. The van der Waals surface area contributed by atoms with Crippen molar-refractivity contribution in [1.82, 2.24) is 20.2 Å². The summed E-state index contributed by atoms with van der Waals surface area (Å²) >= 11 is 0. The summed E-state index contributed by atoms with van der Waals surface area (Å²) in [6.45, 7) is 6.13. The monoisotopic (exact) mass is 373 g/mol. The Labute approximate surface area is 158 Å². The number of nitrogens with zero attached hydrogens (tertiary/aromatic N) is 3. The van der Waals surface area contributed by atoms with Crippen LogP contribution in [0.1, 0.15) is 20.3 Å². The highest BCUT2D eigenvalue weighted by Gasteiger charge is 2.31. The first-order chi connectivity index (χ1) is 13.0. The number of ether oxygens (including phenoxy) is 1. The number of hydrogen-bond acceptors (Lipinski definition) is 4. The van der Waals surface area contributed by atoms with Gasteiger partial charge in [-0.05, 0) is 24.5 Å². The van der Waals surface area contributed by atoms with E-state index in [0.717, 1.165) is 11.0 Å². The van der Waals surface area contributed by atoms with E-state index in [4.69, 9.17) is 4.74 Å². The van der Waals surface area contributed by atoms with E-state index in [9.17, 15) is 9.59 Å². The van der Waals surface area contributed by atoms with Crippen molar-refractivity contribution < 1.29 is 14.3 Å². The summed E-state index contributed by atoms with van der Waals surface area (Å²) < 4.78 is 6.99. The quantitative estimate of drug-likeness (QED) is 0.724. The molecular weight excluding hydrogens is 346 g/mol. The molecule has 1 aromatic carbocycles. The summed E-state index contributed by atoms with van der Waals surface area (Å²) in [6, 6.07) is 6.94. The van der Waals surface area contributed by atoms with Gasteiger partial charge in [-0.2, -0.15) is 0 Å². The molecular formula is C19H27N5O3. The Morgan fingerprint density at radius 3 is 2.78 bits per heavy atom. The maximum absolute atomic E-state index is 12.9. The van der Waals surface area contributed by atoms with Gasteiger partial charge in [0.25, 0.3) is 0 Å². The third-order valence-corrected chi connectivity index (χ3v) is 4.59. The lowest BCUT2D eigenvalue weighted by molar-refractivity contribution is -0.123. The Morgan fingerprint density at radius 1 is 1.26 bits per heavy atom. The molecule has 2 heterocycles. The minimum absolute atomic E-state index is 0.193. The maximum Gasteiger partial charge on any atom is 0.324 e. The molecule has 0 radical (unpaired) electrons. The highest BCUT2D eigenvalue weighted by molar-refractivity contribution is 5.96. The van der Waals surface area contributed by atoms with Crippen LogP contribution < -0.4 is 15.5 Å². The lowest BCUT2D eigenvalue weighted by Gasteiger charge is -2.23. The number of aromatic nitrogens is 2. The number of hydrogen-bond donors (Lipinski definition) is 2. The van der Waals surface area contributed by atoms with Crippen molar-refractivity contribution in [3.8, 4) is 0 Å². The second-order valence-electron chi connectivity index (χ2n) is 7.12. The summed E-state index contributed by atoms with van der Waals surface area (Å²) in [4.78, 5) is 31.5. The van der Waals surface area contributed by atoms with Crippen LogP contribution in [0.3, 0.4) is 0 Å². The van der Waals surface area contributed by atoms with Crippen LogP contribution in [0, 0.1) is 5.92 Å². The molecule has 27 heavy (non-hydrogen) atoms. The van der Waals surface area contributed by atoms with E-state index in [-0.39, 0.29) is 17.9 Å². The van der Waals surface area contributed by atoms with Gasteiger partial charge in [0.15, 0.2) is 0 Å². The van der Waals surface area contributed by atoms with Crippen LogP contribution in [0.5, 0.6) is 0 Å². The Kier molecular flexibility index (Phi) is 5.95. The zero-order valence-electron chi connectivity index (χ0n) is 16.1. The molecule has 3 amide bonds. The standard InChI is InChI=1S/C19H27N5O3/c1-13(2)12-15(17(25)20-8-11-27-3)22-19(26)24-10-9-23-16-7-5-4-6-14(16)21-18(23)24/h4-7,13,15H,8-12H2,1-3H3,(H,20,25)(H,22,26)/t15-/m0/s1. The first-order valence-electron chi connectivity index (χ1n) is 9.31. The van der Waals surface area contributed by atoms with Crippen LogP contribution in [-0.2, 0) is 16.1 Å². The van der Waals surface area contributed by atoms with Crippen molar-refractivity contribution in [3.05, 3.63) is 24.3 Å². The van der Waals surface area contributed by atoms with Crippen molar-refractivity contribution in [2.24, 2.45) is 5.92 Å². The van der Waals surface area contributed by atoms with Gasteiger partial charge in [-0.25, -0.2) is 9.78 Å². The van der Waals surface area contributed by atoms with Crippen molar-refractivity contribution in [2.45, 2.75) is 32.9 Å². The topological polar surface area (TPSA) is 88.5 Å². The fourth-order valence-electron chi connectivity index (χ4n) is 3.31. The molecule has 0 fully saturated rings. The normalized spacial score (nSPS) is 14.4. The van der Waals surface area contributed by atoms with Crippen LogP contribution in [0.15, 0.2) is 24.3 Å². The number of fused-ring (bicyclic) bond motifs is 3. The second-order valence-corrected chi connectivity index (χ2v) is 7.12. The minimum atomic E-state index is -0.590. The molecule has 0 aliphatic carbocycles. The number of methoxy groups -OCH3 is 1. The fraction of sp³-hybridized carbons (Fsp3) is 0.526. The Hall–Kier alpha value is -2.61. The lowest BCUT2D eigenvalue weighted by atomic mass is 10.0. The molecule has 0 saturated carbocycles. The number of imidazole rings is 1. The van der Waals surface area contributed by atoms with Crippen LogP contribution in [0.4, 0.5) is 10.7 Å². The van der Waals surface area contributed by atoms with E-state index >= 15 is 0 Å². The minimum Gasteiger partial charge on any atom is -0.383 e. The molecule has 8 nitrogen and oxygen atoms in total. The van der Waals surface area contributed by atoms with Crippen molar-refractivity contribution in [2.75, 3.05) is 31.7 Å². The van der Waals surface area contributed by atoms with Gasteiger partial charge in [0, 0.05) is 26.7 Å². The largest absolute Gasteiger partial charge is 0.383 e.